The molecule has 27 heavy (non-hydrogen) atoms. The minimum absolute atomic E-state index is 0.354. The van der Waals surface area contributed by atoms with Crippen LogP contribution in [0.25, 0.3) is 0 Å². The van der Waals surface area contributed by atoms with Gasteiger partial charge in [0.1, 0.15) is 5.82 Å². The Morgan fingerprint density at radius 1 is 1.15 bits per heavy atom. The molecule has 3 aromatic heterocycles. The maximum Gasteiger partial charge on any atom is 0.153 e. The molecule has 1 aliphatic heterocycles. The molecular formula is C20H25N7. The Hall–Kier alpha value is -2.80. The third-order valence-electron chi connectivity index (χ3n) is 5.17. The van der Waals surface area contributed by atoms with Crippen LogP contribution in [0.1, 0.15) is 35.7 Å². The summed E-state index contributed by atoms with van der Waals surface area (Å²) < 4.78 is 2.09. The zero-order chi connectivity index (χ0) is 18.6. The first-order chi connectivity index (χ1) is 13.2. The summed E-state index contributed by atoms with van der Waals surface area (Å²) in [6.07, 6.45) is 11.4. The fraction of sp³-hybridized carbons (Fsp3) is 0.400. The van der Waals surface area contributed by atoms with Crippen LogP contribution < -0.4 is 5.32 Å². The summed E-state index contributed by atoms with van der Waals surface area (Å²) in [5.41, 5.74) is 3.35. The van der Waals surface area contributed by atoms with Gasteiger partial charge in [0.25, 0.3) is 0 Å². The average Bonchev–Trinajstić information content (AvgIpc) is 3.09. The quantitative estimate of drug-likeness (QED) is 0.751. The second-order valence-corrected chi connectivity index (χ2v) is 7.15. The Bertz CT molecular complexity index is 905. The maximum atomic E-state index is 4.68. The van der Waals surface area contributed by atoms with Crippen molar-refractivity contribution >= 4 is 11.6 Å². The van der Waals surface area contributed by atoms with Crippen LogP contribution in [-0.2, 0) is 13.6 Å². The first-order valence-corrected chi connectivity index (χ1v) is 9.38. The molecule has 3 aromatic rings. The molecule has 1 aliphatic rings. The molecule has 4 rings (SSSR count). The van der Waals surface area contributed by atoms with Gasteiger partial charge in [0, 0.05) is 50.8 Å². The van der Waals surface area contributed by atoms with Crippen molar-refractivity contribution in [3.05, 3.63) is 60.2 Å². The number of likely N-dealkylation sites (tertiary alicyclic amines) is 1. The summed E-state index contributed by atoms with van der Waals surface area (Å²) in [5.74, 6) is 2.00. The molecule has 0 aromatic carbocycles. The lowest BCUT2D eigenvalue weighted by Gasteiger charge is -2.32. The van der Waals surface area contributed by atoms with E-state index in [9.17, 15) is 0 Å². The molecule has 1 unspecified atom stereocenters. The molecule has 4 heterocycles. The van der Waals surface area contributed by atoms with Crippen molar-refractivity contribution in [1.29, 1.82) is 0 Å². The number of pyridine rings is 1. The summed E-state index contributed by atoms with van der Waals surface area (Å²) in [4.78, 5) is 20.4. The van der Waals surface area contributed by atoms with E-state index < -0.39 is 0 Å². The Balaban J connectivity index is 1.52. The monoisotopic (exact) mass is 363 g/mol. The van der Waals surface area contributed by atoms with Crippen LogP contribution in [0.15, 0.2) is 43.2 Å². The molecule has 1 atom stereocenters. The highest BCUT2D eigenvalue weighted by atomic mass is 15.2. The molecule has 1 saturated heterocycles. The standard InChI is InChI=1S/C20H25N7/c1-15-5-3-7-23-19(15)25-20-18(22-8-9-24-20)16-6-4-10-27(12-16)13-17-11-21-14-26(17)2/h3,5,7-9,11,14,16H,4,6,10,12-13H2,1-2H3,(H,23,24,25). The Labute approximate surface area is 159 Å². The van der Waals surface area contributed by atoms with Gasteiger partial charge in [0.2, 0.25) is 0 Å². The zero-order valence-electron chi connectivity index (χ0n) is 15.8. The van der Waals surface area contributed by atoms with E-state index in [2.05, 4.69) is 34.7 Å². The normalized spacial score (nSPS) is 17.8. The molecule has 0 spiro atoms. The number of piperidine rings is 1. The zero-order valence-corrected chi connectivity index (χ0v) is 15.8. The number of anilines is 2. The topological polar surface area (TPSA) is 71.8 Å². The lowest BCUT2D eigenvalue weighted by molar-refractivity contribution is 0.195. The summed E-state index contributed by atoms with van der Waals surface area (Å²) >= 11 is 0. The van der Waals surface area contributed by atoms with Gasteiger partial charge in [-0.15, -0.1) is 0 Å². The number of nitrogens with zero attached hydrogens (tertiary/aromatic N) is 6. The van der Waals surface area contributed by atoms with Crippen molar-refractivity contribution in [2.45, 2.75) is 32.2 Å². The number of nitrogens with one attached hydrogen (secondary N) is 1. The molecular weight excluding hydrogens is 338 g/mol. The Morgan fingerprint density at radius 2 is 2.00 bits per heavy atom. The van der Waals surface area contributed by atoms with Crippen LogP contribution in [-0.4, -0.2) is 42.5 Å². The van der Waals surface area contributed by atoms with Gasteiger partial charge in [0.15, 0.2) is 5.82 Å². The largest absolute Gasteiger partial charge is 0.337 e. The number of rotatable bonds is 5. The summed E-state index contributed by atoms with van der Waals surface area (Å²) in [6, 6.07) is 3.98. The highest BCUT2D eigenvalue weighted by Gasteiger charge is 2.25. The molecule has 0 saturated carbocycles. The number of imidazole rings is 1. The predicted octanol–water partition coefficient (Wildman–Crippen LogP) is 3.04. The van der Waals surface area contributed by atoms with Gasteiger partial charge in [0.05, 0.1) is 17.7 Å². The van der Waals surface area contributed by atoms with Crippen molar-refractivity contribution in [3.63, 3.8) is 0 Å². The molecule has 0 amide bonds. The smallest absolute Gasteiger partial charge is 0.153 e. The van der Waals surface area contributed by atoms with Crippen LogP contribution in [0.4, 0.5) is 11.6 Å². The Kier molecular flexibility index (Phi) is 5.11. The molecule has 7 heteroatoms. The first-order valence-electron chi connectivity index (χ1n) is 9.38. The molecule has 1 fully saturated rings. The van der Waals surface area contributed by atoms with Gasteiger partial charge in [-0.25, -0.2) is 15.0 Å². The summed E-state index contributed by atoms with van der Waals surface area (Å²) in [6.45, 7) is 5.03. The van der Waals surface area contributed by atoms with E-state index in [1.165, 1.54) is 5.69 Å². The lowest BCUT2D eigenvalue weighted by atomic mass is 9.94. The van der Waals surface area contributed by atoms with Gasteiger partial charge < -0.3 is 9.88 Å². The van der Waals surface area contributed by atoms with E-state index in [-0.39, 0.29) is 0 Å². The van der Waals surface area contributed by atoms with E-state index in [0.29, 0.717) is 5.92 Å². The van der Waals surface area contributed by atoms with Crippen molar-refractivity contribution < 1.29 is 0 Å². The molecule has 0 bridgehead atoms. The van der Waals surface area contributed by atoms with E-state index in [0.717, 1.165) is 55.4 Å². The Morgan fingerprint density at radius 3 is 2.81 bits per heavy atom. The van der Waals surface area contributed by atoms with Crippen molar-refractivity contribution in [2.75, 3.05) is 18.4 Å². The van der Waals surface area contributed by atoms with Gasteiger partial charge in [-0.1, -0.05) is 6.07 Å². The van der Waals surface area contributed by atoms with Gasteiger partial charge in [-0.2, -0.15) is 0 Å². The van der Waals surface area contributed by atoms with Crippen LogP contribution in [0.2, 0.25) is 0 Å². The van der Waals surface area contributed by atoms with E-state index in [1.54, 1.807) is 18.6 Å². The summed E-state index contributed by atoms with van der Waals surface area (Å²) in [7, 11) is 2.05. The third-order valence-corrected chi connectivity index (χ3v) is 5.17. The summed E-state index contributed by atoms with van der Waals surface area (Å²) in [5, 5.41) is 3.39. The predicted molar refractivity (Wildman–Crippen MR) is 105 cm³/mol. The average molecular weight is 363 g/mol. The SMILES string of the molecule is Cc1cccnc1Nc1nccnc1C1CCCN(Cc2cncn2C)C1. The van der Waals surface area contributed by atoms with E-state index in [4.69, 9.17) is 0 Å². The molecule has 0 radical (unpaired) electrons. The van der Waals surface area contributed by atoms with Crippen LogP contribution >= 0.6 is 0 Å². The molecule has 7 nitrogen and oxygen atoms in total. The van der Waals surface area contributed by atoms with Crippen molar-refractivity contribution in [2.24, 2.45) is 7.05 Å². The minimum atomic E-state index is 0.354. The van der Waals surface area contributed by atoms with Crippen LogP contribution in [0, 0.1) is 6.92 Å². The second-order valence-electron chi connectivity index (χ2n) is 7.15. The third kappa shape index (κ3) is 3.98. The fourth-order valence-electron chi connectivity index (χ4n) is 3.66. The van der Waals surface area contributed by atoms with Crippen LogP contribution in [0.5, 0.6) is 0 Å². The van der Waals surface area contributed by atoms with Gasteiger partial charge >= 0.3 is 0 Å². The van der Waals surface area contributed by atoms with E-state index >= 15 is 0 Å². The van der Waals surface area contributed by atoms with Crippen LogP contribution in [0.3, 0.4) is 0 Å². The number of hydrogen-bond donors (Lipinski definition) is 1. The van der Waals surface area contributed by atoms with Gasteiger partial charge in [-0.05, 0) is 37.9 Å². The second kappa shape index (κ2) is 7.84. The number of hydrogen-bond acceptors (Lipinski definition) is 6. The van der Waals surface area contributed by atoms with Gasteiger partial charge in [-0.3, -0.25) is 9.88 Å². The van der Waals surface area contributed by atoms with Crippen molar-refractivity contribution in [3.8, 4) is 0 Å². The number of aryl methyl sites for hydroxylation is 2. The first kappa shape index (κ1) is 17.6. The van der Waals surface area contributed by atoms with E-state index in [1.807, 2.05) is 38.6 Å². The number of aromatic nitrogens is 5. The molecule has 140 valence electrons. The highest BCUT2D eigenvalue weighted by molar-refractivity contribution is 5.57. The lowest BCUT2D eigenvalue weighted by Crippen LogP contribution is -2.35. The molecule has 0 aliphatic carbocycles. The fourth-order valence-corrected chi connectivity index (χ4v) is 3.66. The highest BCUT2D eigenvalue weighted by Crippen LogP contribution is 2.31. The van der Waals surface area contributed by atoms with Crippen molar-refractivity contribution in [1.82, 2.24) is 29.4 Å². The maximum absolute atomic E-state index is 4.68. The molecule has 1 N–H and O–H groups in total. The minimum Gasteiger partial charge on any atom is -0.337 e.